The zero-order valence-corrected chi connectivity index (χ0v) is 14.2. The Kier molecular flexibility index (Phi) is 3.47. The van der Waals surface area contributed by atoms with Crippen molar-refractivity contribution in [3.8, 4) is 17.3 Å². The van der Waals surface area contributed by atoms with Gasteiger partial charge in [0.05, 0.1) is 12.4 Å². The summed E-state index contributed by atoms with van der Waals surface area (Å²) < 4.78 is 1.67. The normalized spacial score (nSPS) is 13.4. The predicted molar refractivity (Wildman–Crippen MR) is 99.4 cm³/mol. The van der Waals surface area contributed by atoms with Gasteiger partial charge in [0.1, 0.15) is 29.0 Å². The summed E-state index contributed by atoms with van der Waals surface area (Å²) in [5, 5.41) is 31.0. The van der Waals surface area contributed by atoms with Gasteiger partial charge in [0, 0.05) is 23.4 Å². The number of aromatic nitrogens is 6. The summed E-state index contributed by atoms with van der Waals surface area (Å²) in [4.78, 5) is 4.57. The van der Waals surface area contributed by atoms with Gasteiger partial charge in [-0.3, -0.25) is 0 Å². The second-order valence-electron chi connectivity index (χ2n) is 6.41. The smallest absolute Gasteiger partial charge is 0.177 e. The molecule has 0 saturated heterocycles. The maximum Gasteiger partial charge on any atom is 0.177 e. The SMILES string of the molecule is N#Cc1cnn2c(NC3CC3)cc(Nc3cccc(-c4cn[nH]n4)c3)nc12. The highest BCUT2D eigenvalue weighted by Crippen LogP contribution is 2.28. The monoisotopic (exact) mass is 357 g/mol. The minimum Gasteiger partial charge on any atom is -0.367 e. The molecule has 3 aromatic heterocycles. The van der Waals surface area contributed by atoms with Crippen LogP contribution in [0.2, 0.25) is 0 Å². The molecule has 3 heterocycles. The fraction of sp³-hybridized carbons (Fsp3) is 0.167. The van der Waals surface area contributed by atoms with Crippen molar-refractivity contribution in [1.82, 2.24) is 30.0 Å². The van der Waals surface area contributed by atoms with Crippen molar-refractivity contribution in [2.24, 2.45) is 0 Å². The molecule has 0 spiro atoms. The number of nitriles is 1. The van der Waals surface area contributed by atoms with Gasteiger partial charge in [-0.15, -0.1) is 0 Å². The molecule has 1 aliphatic rings. The molecule has 1 fully saturated rings. The molecule has 27 heavy (non-hydrogen) atoms. The lowest BCUT2D eigenvalue weighted by Crippen LogP contribution is -2.09. The summed E-state index contributed by atoms with van der Waals surface area (Å²) >= 11 is 0. The van der Waals surface area contributed by atoms with Crippen LogP contribution in [0.15, 0.2) is 42.7 Å². The maximum absolute atomic E-state index is 9.33. The van der Waals surface area contributed by atoms with Crippen molar-refractivity contribution < 1.29 is 0 Å². The molecule has 0 unspecified atom stereocenters. The number of fused-ring (bicyclic) bond motifs is 1. The van der Waals surface area contributed by atoms with Crippen LogP contribution in [0.4, 0.5) is 17.3 Å². The molecule has 1 saturated carbocycles. The standard InChI is InChI=1S/C18H15N9/c19-8-12-9-21-27-17(23-13-4-5-13)7-16(24-18(12)27)22-14-3-1-2-11(6-14)15-10-20-26-25-15/h1-3,6-7,9-10,13,23H,4-5H2,(H,22,24)(H,20,25,26). The third-order valence-corrected chi connectivity index (χ3v) is 4.37. The zero-order chi connectivity index (χ0) is 18.2. The summed E-state index contributed by atoms with van der Waals surface area (Å²) in [7, 11) is 0. The van der Waals surface area contributed by atoms with E-state index in [4.69, 9.17) is 0 Å². The molecule has 132 valence electrons. The number of nitrogens with zero attached hydrogens (tertiary/aromatic N) is 6. The van der Waals surface area contributed by atoms with Crippen molar-refractivity contribution in [3.05, 3.63) is 48.3 Å². The number of rotatable bonds is 5. The Bertz CT molecular complexity index is 1150. The van der Waals surface area contributed by atoms with E-state index in [1.807, 2.05) is 30.3 Å². The molecule has 0 aliphatic heterocycles. The molecular weight excluding hydrogens is 342 g/mol. The van der Waals surface area contributed by atoms with Gasteiger partial charge in [-0.1, -0.05) is 12.1 Å². The Balaban J connectivity index is 1.53. The van der Waals surface area contributed by atoms with E-state index in [0.717, 1.165) is 35.6 Å². The van der Waals surface area contributed by atoms with Crippen LogP contribution in [0.5, 0.6) is 0 Å². The van der Waals surface area contributed by atoms with E-state index >= 15 is 0 Å². The molecule has 1 aromatic carbocycles. The molecule has 3 N–H and O–H groups in total. The number of nitrogens with one attached hydrogen (secondary N) is 3. The fourth-order valence-corrected chi connectivity index (χ4v) is 2.89. The predicted octanol–water partition coefficient (Wildman–Crippen LogP) is 2.70. The molecular formula is C18H15N9. The first-order valence-electron chi connectivity index (χ1n) is 8.59. The van der Waals surface area contributed by atoms with Gasteiger partial charge in [0.15, 0.2) is 5.65 Å². The summed E-state index contributed by atoms with van der Waals surface area (Å²) in [6.07, 6.45) is 5.49. The molecule has 9 nitrogen and oxygen atoms in total. The lowest BCUT2D eigenvalue weighted by molar-refractivity contribution is 0.926. The Labute approximate surface area is 154 Å². The number of hydrogen-bond acceptors (Lipinski definition) is 7. The Hall–Kier alpha value is -3.93. The molecule has 0 amide bonds. The number of anilines is 3. The van der Waals surface area contributed by atoms with Gasteiger partial charge >= 0.3 is 0 Å². The van der Waals surface area contributed by atoms with Crippen LogP contribution < -0.4 is 10.6 Å². The van der Waals surface area contributed by atoms with Gasteiger partial charge in [-0.2, -0.15) is 30.3 Å². The summed E-state index contributed by atoms with van der Waals surface area (Å²) in [5.74, 6) is 1.46. The van der Waals surface area contributed by atoms with Gasteiger partial charge in [0.25, 0.3) is 0 Å². The number of hydrogen-bond donors (Lipinski definition) is 3. The van der Waals surface area contributed by atoms with Crippen LogP contribution in [-0.2, 0) is 0 Å². The Morgan fingerprint density at radius 1 is 1.22 bits per heavy atom. The van der Waals surface area contributed by atoms with Crippen molar-refractivity contribution >= 4 is 23.0 Å². The minimum absolute atomic E-state index is 0.439. The first-order chi connectivity index (χ1) is 13.3. The zero-order valence-electron chi connectivity index (χ0n) is 14.2. The lowest BCUT2D eigenvalue weighted by atomic mass is 10.1. The topological polar surface area (TPSA) is 120 Å². The average molecular weight is 357 g/mol. The van der Waals surface area contributed by atoms with Crippen LogP contribution in [0, 0.1) is 11.3 Å². The maximum atomic E-state index is 9.33. The Morgan fingerprint density at radius 3 is 2.93 bits per heavy atom. The van der Waals surface area contributed by atoms with E-state index < -0.39 is 0 Å². The minimum atomic E-state index is 0.439. The molecule has 9 heteroatoms. The van der Waals surface area contributed by atoms with Crippen molar-refractivity contribution in [3.63, 3.8) is 0 Å². The van der Waals surface area contributed by atoms with Crippen LogP contribution >= 0.6 is 0 Å². The Morgan fingerprint density at radius 2 is 2.15 bits per heavy atom. The molecule has 0 radical (unpaired) electrons. The summed E-state index contributed by atoms with van der Waals surface area (Å²) in [6, 6.07) is 12.3. The van der Waals surface area contributed by atoms with E-state index in [1.165, 1.54) is 6.20 Å². The second kappa shape index (κ2) is 6.10. The van der Waals surface area contributed by atoms with E-state index in [9.17, 15) is 5.26 Å². The number of aromatic amines is 1. The van der Waals surface area contributed by atoms with Crippen LogP contribution in [0.3, 0.4) is 0 Å². The van der Waals surface area contributed by atoms with Crippen LogP contribution in [-0.4, -0.2) is 36.1 Å². The molecule has 4 aromatic rings. The van der Waals surface area contributed by atoms with Crippen molar-refractivity contribution in [2.75, 3.05) is 10.6 Å². The van der Waals surface area contributed by atoms with E-state index in [0.29, 0.717) is 23.1 Å². The van der Waals surface area contributed by atoms with Gasteiger partial charge in [-0.05, 0) is 25.0 Å². The van der Waals surface area contributed by atoms with E-state index in [1.54, 1.807) is 10.7 Å². The number of benzene rings is 1. The molecule has 5 rings (SSSR count). The fourth-order valence-electron chi connectivity index (χ4n) is 2.89. The largest absolute Gasteiger partial charge is 0.367 e. The van der Waals surface area contributed by atoms with Crippen molar-refractivity contribution in [2.45, 2.75) is 18.9 Å². The summed E-state index contributed by atoms with van der Waals surface area (Å²) in [6.45, 7) is 0. The van der Waals surface area contributed by atoms with Crippen LogP contribution in [0.25, 0.3) is 16.9 Å². The third kappa shape index (κ3) is 2.93. The second-order valence-corrected chi connectivity index (χ2v) is 6.41. The first-order valence-corrected chi connectivity index (χ1v) is 8.59. The first kappa shape index (κ1) is 15.3. The van der Waals surface area contributed by atoms with E-state index in [2.05, 4.69) is 42.2 Å². The molecule has 0 atom stereocenters. The third-order valence-electron chi connectivity index (χ3n) is 4.37. The van der Waals surface area contributed by atoms with Gasteiger partial charge < -0.3 is 10.6 Å². The quantitative estimate of drug-likeness (QED) is 0.502. The lowest BCUT2D eigenvalue weighted by Gasteiger charge is -2.12. The average Bonchev–Trinajstić information content (AvgIpc) is 3.18. The number of H-pyrrole nitrogens is 1. The molecule has 0 bridgehead atoms. The highest BCUT2D eigenvalue weighted by atomic mass is 15.3. The van der Waals surface area contributed by atoms with Crippen molar-refractivity contribution in [1.29, 1.82) is 5.26 Å². The highest BCUT2D eigenvalue weighted by molar-refractivity contribution is 5.70. The highest BCUT2D eigenvalue weighted by Gasteiger charge is 2.23. The molecule has 1 aliphatic carbocycles. The van der Waals surface area contributed by atoms with Crippen LogP contribution in [0.1, 0.15) is 18.4 Å². The summed E-state index contributed by atoms with van der Waals surface area (Å²) in [5.41, 5.74) is 3.53. The van der Waals surface area contributed by atoms with E-state index in [-0.39, 0.29) is 0 Å². The van der Waals surface area contributed by atoms with Gasteiger partial charge in [0.2, 0.25) is 0 Å². The van der Waals surface area contributed by atoms with Gasteiger partial charge in [-0.25, -0.2) is 4.98 Å².